The fraction of sp³-hybridized carbons (Fsp3) is 0.200. The lowest BCUT2D eigenvalue weighted by molar-refractivity contribution is 0.538. The molecule has 112 valence electrons. The Labute approximate surface area is 131 Å². The molecule has 6 heteroatoms. The van der Waals surface area contributed by atoms with Crippen LogP contribution in [0.15, 0.2) is 47.4 Å². The zero-order chi connectivity index (χ0) is 15.2. The largest absolute Gasteiger partial charge is 0.271 e. The van der Waals surface area contributed by atoms with E-state index in [1.165, 1.54) is 6.07 Å². The van der Waals surface area contributed by atoms with Gasteiger partial charge in [0, 0.05) is 21.7 Å². The molecule has 0 saturated carbocycles. The van der Waals surface area contributed by atoms with Gasteiger partial charge in [-0.2, -0.15) is 0 Å². The monoisotopic (exact) mass is 328 g/mol. The first kappa shape index (κ1) is 16.2. The average molecular weight is 329 g/mol. The molecule has 0 radical (unpaired) electrons. The van der Waals surface area contributed by atoms with Gasteiger partial charge in [0.1, 0.15) is 11.6 Å². The van der Waals surface area contributed by atoms with Gasteiger partial charge in [0.25, 0.3) is 0 Å². The van der Waals surface area contributed by atoms with Gasteiger partial charge in [-0.1, -0.05) is 17.7 Å². The number of nitrogens with one attached hydrogen (secondary N) is 1. The van der Waals surface area contributed by atoms with E-state index in [0.29, 0.717) is 22.8 Å². The minimum absolute atomic E-state index is 0.176. The molecule has 0 saturated heterocycles. The quantitative estimate of drug-likeness (QED) is 0.481. The average Bonchev–Trinajstić information content (AvgIpc) is 2.47. The van der Waals surface area contributed by atoms with Gasteiger partial charge in [0.2, 0.25) is 0 Å². The Morgan fingerprint density at radius 2 is 2.00 bits per heavy atom. The molecule has 0 amide bonds. The normalized spacial score (nSPS) is 12.4. The van der Waals surface area contributed by atoms with Crippen molar-refractivity contribution >= 4 is 23.4 Å². The fourth-order valence-corrected chi connectivity index (χ4v) is 3.13. The minimum atomic E-state index is -0.454. The number of rotatable bonds is 6. The second-order valence-electron chi connectivity index (χ2n) is 4.57. The first-order valence-corrected chi connectivity index (χ1v) is 7.73. The van der Waals surface area contributed by atoms with Crippen molar-refractivity contribution in [3.05, 3.63) is 64.7 Å². The maximum atomic E-state index is 13.6. The standard InChI is InChI=1S/C15H15ClF2N2S/c16-11-2-1-3-14(8-11)21-9-13(20-19)7-10-6-12(17)4-5-15(10)18/h1-6,8,13,20H,7,9,19H2. The lowest BCUT2D eigenvalue weighted by atomic mass is 10.1. The van der Waals surface area contributed by atoms with Gasteiger partial charge in [-0.15, -0.1) is 11.8 Å². The molecule has 0 aliphatic heterocycles. The smallest absolute Gasteiger partial charge is 0.126 e. The van der Waals surface area contributed by atoms with Crippen molar-refractivity contribution in [2.75, 3.05) is 5.75 Å². The predicted molar refractivity (Wildman–Crippen MR) is 83.3 cm³/mol. The fourth-order valence-electron chi connectivity index (χ4n) is 1.88. The summed E-state index contributed by atoms with van der Waals surface area (Å²) in [5.74, 6) is 5.23. The van der Waals surface area contributed by atoms with Gasteiger partial charge in [0.05, 0.1) is 0 Å². The van der Waals surface area contributed by atoms with Crippen LogP contribution in [0.2, 0.25) is 5.02 Å². The zero-order valence-corrected chi connectivity index (χ0v) is 12.7. The second kappa shape index (κ2) is 7.75. The maximum Gasteiger partial charge on any atom is 0.126 e. The first-order valence-electron chi connectivity index (χ1n) is 6.37. The molecule has 1 unspecified atom stereocenters. The Morgan fingerprint density at radius 3 is 2.71 bits per heavy atom. The van der Waals surface area contributed by atoms with E-state index in [9.17, 15) is 8.78 Å². The van der Waals surface area contributed by atoms with E-state index in [0.717, 1.165) is 17.0 Å². The minimum Gasteiger partial charge on any atom is -0.271 e. The van der Waals surface area contributed by atoms with Crippen LogP contribution in [0.5, 0.6) is 0 Å². The van der Waals surface area contributed by atoms with Crippen LogP contribution in [-0.4, -0.2) is 11.8 Å². The summed E-state index contributed by atoms with van der Waals surface area (Å²) in [6.45, 7) is 0. The van der Waals surface area contributed by atoms with Crippen LogP contribution in [0.25, 0.3) is 0 Å². The maximum absolute atomic E-state index is 13.6. The number of hydrazine groups is 1. The highest BCUT2D eigenvalue weighted by atomic mass is 35.5. The Hall–Kier alpha value is -1.14. The van der Waals surface area contributed by atoms with Gasteiger partial charge < -0.3 is 0 Å². The van der Waals surface area contributed by atoms with Gasteiger partial charge in [-0.3, -0.25) is 11.3 Å². The van der Waals surface area contributed by atoms with E-state index in [2.05, 4.69) is 5.43 Å². The zero-order valence-electron chi connectivity index (χ0n) is 11.2. The topological polar surface area (TPSA) is 38.0 Å². The van der Waals surface area contributed by atoms with Gasteiger partial charge in [-0.25, -0.2) is 8.78 Å². The van der Waals surface area contributed by atoms with E-state index >= 15 is 0 Å². The summed E-state index contributed by atoms with van der Waals surface area (Å²) in [4.78, 5) is 1.00. The number of thioether (sulfide) groups is 1. The summed E-state index contributed by atoms with van der Waals surface area (Å²) in [5, 5.41) is 0.661. The lowest BCUT2D eigenvalue weighted by Crippen LogP contribution is -2.38. The third-order valence-electron chi connectivity index (χ3n) is 2.96. The van der Waals surface area contributed by atoms with E-state index < -0.39 is 11.6 Å². The van der Waals surface area contributed by atoms with Crippen LogP contribution in [0.4, 0.5) is 8.78 Å². The summed E-state index contributed by atoms with van der Waals surface area (Å²) < 4.78 is 26.8. The Morgan fingerprint density at radius 1 is 1.19 bits per heavy atom. The molecule has 0 aromatic heterocycles. The molecule has 2 aromatic carbocycles. The number of benzene rings is 2. The molecule has 2 aromatic rings. The molecule has 0 aliphatic rings. The van der Waals surface area contributed by atoms with Crippen LogP contribution in [0.3, 0.4) is 0 Å². The number of nitrogens with two attached hydrogens (primary N) is 1. The van der Waals surface area contributed by atoms with Crippen LogP contribution < -0.4 is 11.3 Å². The number of hydrogen-bond donors (Lipinski definition) is 2. The molecule has 21 heavy (non-hydrogen) atoms. The molecule has 0 heterocycles. The van der Waals surface area contributed by atoms with Crippen molar-refractivity contribution in [3.8, 4) is 0 Å². The molecule has 0 spiro atoms. The summed E-state index contributed by atoms with van der Waals surface area (Å²) in [6, 6.07) is 10.7. The van der Waals surface area contributed by atoms with Crippen LogP contribution >= 0.6 is 23.4 Å². The van der Waals surface area contributed by atoms with E-state index in [1.807, 2.05) is 18.2 Å². The number of halogens is 3. The molecule has 0 fully saturated rings. The van der Waals surface area contributed by atoms with E-state index in [1.54, 1.807) is 17.8 Å². The van der Waals surface area contributed by atoms with Crippen molar-refractivity contribution in [3.63, 3.8) is 0 Å². The Bertz CT molecular complexity index is 610. The first-order chi connectivity index (χ1) is 10.1. The lowest BCUT2D eigenvalue weighted by Gasteiger charge is -2.16. The molecule has 3 N–H and O–H groups in total. The molecule has 0 aliphatic carbocycles. The van der Waals surface area contributed by atoms with Crippen molar-refractivity contribution in [1.82, 2.24) is 5.43 Å². The molecule has 2 rings (SSSR count). The summed E-state index contributed by atoms with van der Waals surface area (Å²) >= 11 is 7.47. The number of hydrogen-bond acceptors (Lipinski definition) is 3. The van der Waals surface area contributed by atoms with Crippen molar-refractivity contribution < 1.29 is 8.78 Å². The highest BCUT2D eigenvalue weighted by molar-refractivity contribution is 7.99. The predicted octanol–water partition coefficient (Wildman–Crippen LogP) is 3.78. The SMILES string of the molecule is NNC(CSc1cccc(Cl)c1)Cc1cc(F)ccc1F. The summed E-state index contributed by atoms with van der Waals surface area (Å²) in [5.41, 5.74) is 2.95. The third-order valence-corrected chi connectivity index (χ3v) is 4.35. The summed E-state index contributed by atoms with van der Waals surface area (Å²) in [6.07, 6.45) is 0.313. The second-order valence-corrected chi connectivity index (χ2v) is 6.10. The van der Waals surface area contributed by atoms with Gasteiger partial charge in [-0.05, 0) is 48.4 Å². The van der Waals surface area contributed by atoms with Crippen molar-refractivity contribution in [2.24, 2.45) is 5.84 Å². The summed E-state index contributed by atoms with van der Waals surface area (Å²) in [7, 11) is 0. The molecular formula is C15H15ClF2N2S. The molecule has 0 bridgehead atoms. The van der Waals surface area contributed by atoms with Crippen LogP contribution in [-0.2, 0) is 6.42 Å². The van der Waals surface area contributed by atoms with Crippen molar-refractivity contribution in [2.45, 2.75) is 17.4 Å². The third kappa shape index (κ3) is 4.97. The Balaban J connectivity index is 1.98. The Kier molecular flexibility index (Phi) is 5.99. The van der Waals surface area contributed by atoms with Gasteiger partial charge >= 0.3 is 0 Å². The van der Waals surface area contributed by atoms with E-state index in [4.69, 9.17) is 17.4 Å². The molecule has 1 atom stereocenters. The van der Waals surface area contributed by atoms with Crippen molar-refractivity contribution in [1.29, 1.82) is 0 Å². The van der Waals surface area contributed by atoms with E-state index in [-0.39, 0.29) is 6.04 Å². The molecule has 2 nitrogen and oxygen atoms in total. The van der Waals surface area contributed by atoms with Crippen LogP contribution in [0.1, 0.15) is 5.56 Å². The molecular weight excluding hydrogens is 314 g/mol. The van der Waals surface area contributed by atoms with Gasteiger partial charge in [0.15, 0.2) is 0 Å². The van der Waals surface area contributed by atoms with Crippen LogP contribution in [0, 0.1) is 11.6 Å². The highest BCUT2D eigenvalue weighted by Crippen LogP contribution is 2.23. The highest BCUT2D eigenvalue weighted by Gasteiger charge is 2.12.